The predicted octanol–water partition coefficient (Wildman–Crippen LogP) is 4.18. The van der Waals surface area contributed by atoms with Gasteiger partial charge in [-0.3, -0.25) is 9.59 Å². The van der Waals surface area contributed by atoms with E-state index in [1.165, 1.54) is 6.07 Å². The summed E-state index contributed by atoms with van der Waals surface area (Å²) in [5.41, 5.74) is 1.16. The molecule has 0 spiro atoms. The van der Waals surface area contributed by atoms with Crippen LogP contribution in [-0.2, 0) is 6.54 Å². The van der Waals surface area contributed by atoms with E-state index < -0.39 is 0 Å². The number of para-hydroxylation sites is 1. The summed E-state index contributed by atoms with van der Waals surface area (Å²) in [6, 6.07) is 13.8. The van der Waals surface area contributed by atoms with Crippen LogP contribution in [0.5, 0.6) is 5.75 Å². The number of fused-ring (bicyclic) bond motifs is 1. The molecule has 0 aliphatic carbocycles. The van der Waals surface area contributed by atoms with Crippen LogP contribution in [0.25, 0.3) is 22.3 Å². The number of rotatable bonds is 8. The van der Waals surface area contributed by atoms with Gasteiger partial charge in [-0.05, 0) is 56.7 Å². The summed E-state index contributed by atoms with van der Waals surface area (Å²) in [6.45, 7) is 5.69. The third-order valence-electron chi connectivity index (χ3n) is 5.23. The van der Waals surface area contributed by atoms with Crippen molar-refractivity contribution in [2.75, 3.05) is 13.2 Å². The van der Waals surface area contributed by atoms with E-state index in [0.29, 0.717) is 29.9 Å². The molecule has 0 bridgehead atoms. The smallest absolute Gasteiger partial charge is 0.255 e. The monoisotopic (exact) mass is 431 g/mol. The zero-order valence-electron chi connectivity index (χ0n) is 18.1. The number of ether oxygens (including phenoxy) is 1. The van der Waals surface area contributed by atoms with Gasteiger partial charge in [-0.25, -0.2) is 4.98 Å². The minimum Gasteiger partial charge on any atom is -0.494 e. The summed E-state index contributed by atoms with van der Waals surface area (Å²) in [5.74, 6) is 1.81. The van der Waals surface area contributed by atoms with E-state index in [9.17, 15) is 9.59 Å². The molecular formula is C25H25N3O4. The summed E-state index contributed by atoms with van der Waals surface area (Å²) in [5, 5.41) is 3.30. The Labute approximate surface area is 185 Å². The van der Waals surface area contributed by atoms with Gasteiger partial charge in [0.2, 0.25) is 0 Å². The molecule has 0 fully saturated rings. The van der Waals surface area contributed by atoms with Gasteiger partial charge in [0, 0.05) is 37.1 Å². The molecule has 2 aromatic carbocycles. The minimum atomic E-state index is -0.273. The van der Waals surface area contributed by atoms with Crippen LogP contribution < -0.4 is 15.5 Å². The third kappa shape index (κ3) is 4.56. The largest absolute Gasteiger partial charge is 0.494 e. The van der Waals surface area contributed by atoms with Crippen molar-refractivity contribution in [3.8, 4) is 17.1 Å². The first kappa shape index (κ1) is 21.4. The van der Waals surface area contributed by atoms with Crippen LogP contribution in [-0.4, -0.2) is 28.6 Å². The summed E-state index contributed by atoms with van der Waals surface area (Å²) in [6.07, 6.45) is 4.43. The van der Waals surface area contributed by atoms with Gasteiger partial charge < -0.3 is 19.0 Å². The van der Waals surface area contributed by atoms with Crippen LogP contribution in [0.1, 0.15) is 29.5 Å². The topological polar surface area (TPSA) is 86.4 Å². The number of aryl methyl sites for hydroxylation is 2. The number of hydrogen-bond donors (Lipinski definition) is 1. The summed E-state index contributed by atoms with van der Waals surface area (Å²) >= 11 is 0. The van der Waals surface area contributed by atoms with Crippen molar-refractivity contribution in [2.24, 2.45) is 0 Å². The Kier molecular flexibility index (Phi) is 6.35. The number of imidazole rings is 1. The molecule has 0 radical (unpaired) electrons. The molecule has 1 N–H and O–H groups in total. The van der Waals surface area contributed by atoms with Crippen LogP contribution in [0.3, 0.4) is 0 Å². The molecule has 0 saturated heterocycles. The number of benzene rings is 2. The standard InChI is InChI=1S/C25H25N3O4/c1-3-31-19-10-8-18(9-11-19)23-16-22(29)20-6-4-7-21(24(20)32-23)25(30)27-12-5-14-28-15-13-26-17(28)2/h4,6-11,13,15-16H,3,5,12,14H2,1-2H3,(H,27,30). The highest BCUT2D eigenvalue weighted by Gasteiger charge is 2.15. The van der Waals surface area contributed by atoms with Crippen LogP contribution >= 0.6 is 0 Å². The summed E-state index contributed by atoms with van der Waals surface area (Å²) in [7, 11) is 0. The van der Waals surface area contributed by atoms with E-state index in [4.69, 9.17) is 9.15 Å². The highest BCUT2D eigenvalue weighted by molar-refractivity contribution is 6.04. The summed E-state index contributed by atoms with van der Waals surface area (Å²) in [4.78, 5) is 29.8. The van der Waals surface area contributed by atoms with Crippen molar-refractivity contribution < 1.29 is 13.9 Å². The molecular weight excluding hydrogens is 406 g/mol. The second kappa shape index (κ2) is 9.51. The number of nitrogens with one attached hydrogen (secondary N) is 1. The Hall–Kier alpha value is -3.87. The van der Waals surface area contributed by atoms with E-state index in [0.717, 1.165) is 30.1 Å². The fourth-order valence-electron chi connectivity index (χ4n) is 3.57. The highest BCUT2D eigenvalue weighted by Crippen LogP contribution is 2.26. The fraction of sp³-hybridized carbons (Fsp3) is 0.240. The molecule has 0 unspecified atom stereocenters. The lowest BCUT2D eigenvalue weighted by Gasteiger charge is -2.10. The first-order valence-corrected chi connectivity index (χ1v) is 10.6. The number of carbonyl (C=O) groups is 1. The van der Waals surface area contributed by atoms with E-state index in [1.807, 2.05) is 48.9 Å². The molecule has 7 heteroatoms. The Morgan fingerprint density at radius 1 is 1.19 bits per heavy atom. The molecule has 0 aliphatic rings. The van der Waals surface area contributed by atoms with Gasteiger partial charge in [-0.2, -0.15) is 0 Å². The van der Waals surface area contributed by atoms with Crippen molar-refractivity contribution in [3.05, 3.63) is 82.5 Å². The van der Waals surface area contributed by atoms with E-state index >= 15 is 0 Å². The fourth-order valence-corrected chi connectivity index (χ4v) is 3.57. The summed E-state index contributed by atoms with van der Waals surface area (Å²) < 4.78 is 13.5. The Bertz CT molecular complexity index is 1290. The zero-order valence-corrected chi connectivity index (χ0v) is 18.1. The van der Waals surface area contributed by atoms with Crippen LogP contribution in [0.4, 0.5) is 0 Å². The molecule has 4 rings (SSSR count). The number of carbonyl (C=O) groups excluding carboxylic acids is 1. The van der Waals surface area contributed by atoms with Crippen LogP contribution in [0.2, 0.25) is 0 Å². The molecule has 0 atom stereocenters. The average molecular weight is 431 g/mol. The van der Waals surface area contributed by atoms with Gasteiger partial charge in [0.25, 0.3) is 5.91 Å². The predicted molar refractivity (Wildman–Crippen MR) is 123 cm³/mol. The molecule has 4 aromatic rings. The van der Waals surface area contributed by atoms with Gasteiger partial charge in [0.1, 0.15) is 17.3 Å². The van der Waals surface area contributed by atoms with Gasteiger partial charge in [-0.15, -0.1) is 0 Å². The molecule has 0 aliphatic heterocycles. The number of hydrogen-bond acceptors (Lipinski definition) is 5. The Morgan fingerprint density at radius 2 is 2.00 bits per heavy atom. The molecule has 7 nitrogen and oxygen atoms in total. The second-order valence-corrected chi connectivity index (χ2v) is 7.39. The van der Waals surface area contributed by atoms with Crippen LogP contribution in [0.15, 0.2) is 70.1 Å². The maximum atomic E-state index is 12.9. The third-order valence-corrected chi connectivity index (χ3v) is 5.23. The second-order valence-electron chi connectivity index (χ2n) is 7.39. The molecule has 2 aromatic heterocycles. The van der Waals surface area contributed by atoms with Gasteiger partial charge in [0.05, 0.1) is 17.6 Å². The maximum Gasteiger partial charge on any atom is 0.255 e. The van der Waals surface area contributed by atoms with Crippen molar-refractivity contribution in [2.45, 2.75) is 26.8 Å². The highest BCUT2D eigenvalue weighted by atomic mass is 16.5. The number of amides is 1. The van der Waals surface area contributed by atoms with Crippen molar-refractivity contribution in [1.82, 2.24) is 14.9 Å². The SMILES string of the molecule is CCOc1ccc(-c2cc(=O)c3cccc(C(=O)NCCCn4ccnc4C)c3o2)cc1. The first-order valence-electron chi connectivity index (χ1n) is 10.6. The van der Waals surface area contributed by atoms with Gasteiger partial charge >= 0.3 is 0 Å². The molecule has 2 heterocycles. The lowest BCUT2D eigenvalue weighted by molar-refractivity contribution is 0.0953. The maximum absolute atomic E-state index is 12.9. The quantitative estimate of drug-likeness (QED) is 0.423. The molecule has 1 amide bonds. The molecule has 0 saturated carbocycles. The van der Waals surface area contributed by atoms with Gasteiger partial charge in [0.15, 0.2) is 11.0 Å². The van der Waals surface area contributed by atoms with E-state index in [-0.39, 0.29) is 16.9 Å². The van der Waals surface area contributed by atoms with Crippen molar-refractivity contribution >= 4 is 16.9 Å². The average Bonchev–Trinajstić information content (AvgIpc) is 3.21. The normalized spacial score (nSPS) is 10.9. The van der Waals surface area contributed by atoms with Crippen molar-refractivity contribution in [1.29, 1.82) is 0 Å². The number of nitrogens with zero attached hydrogens (tertiary/aromatic N) is 2. The minimum absolute atomic E-state index is 0.194. The molecule has 164 valence electrons. The lowest BCUT2D eigenvalue weighted by atomic mass is 10.1. The first-order chi connectivity index (χ1) is 15.6. The van der Waals surface area contributed by atoms with Crippen LogP contribution in [0, 0.1) is 6.92 Å². The molecule has 32 heavy (non-hydrogen) atoms. The Balaban J connectivity index is 1.55. The Morgan fingerprint density at radius 3 is 2.72 bits per heavy atom. The van der Waals surface area contributed by atoms with E-state index in [1.54, 1.807) is 24.4 Å². The van der Waals surface area contributed by atoms with E-state index in [2.05, 4.69) is 10.3 Å². The zero-order chi connectivity index (χ0) is 22.5. The van der Waals surface area contributed by atoms with Crippen molar-refractivity contribution in [3.63, 3.8) is 0 Å². The number of aromatic nitrogens is 2. The lowest BCUT2D eigenvalue weighted by Crippen LogP contribution is -2.25. The van der Waals surface area contributed by atoms with Gasteiger partial charge in [-0.1, -0.05) is 6.07 Å².